The van der Waals surface area contributed by atoms with Gasteiger partial charge in [-0.3, -0.25) is 4.68 Å². The second-order valence-electron chi connectivity index (χ2n) is 5.73. The van der Waals surface area contributed by atoms with Gasteiger partial charge in [0.15, 0.2) is 11.4 Å². The fourth-order valence-corrected chi connectivity index (χ4v) is 2.82. The number of hydrogen-bond donors (Lipinski definition) is 1. The summed E-state index contributed by atoms with van der Waals surface area (Å²) in [7, 11) is 0. The summed E-state index contributed by atoms with van der Waals surface area (Å²) < 4.78 is 8.17. The summed E-state index contributed by atoms with van der Waals surface area (Å²) in [5.74, 6) is 1.27. The van der Waals surface area contributed by atoms with Crippen LogP contribution < -0.4 is 10.1 Å². The molecule has 1 aliphatic heterocycles. The Hall–Kier alpha value is -2.83. The van der Waals surface area contributed by atoms with Crippen LogP contribution in [-0.4, -0.2) is 22.9 Å². The van der Waals surface area contributed by atoms with Gasteiger partial charge >= 0.3 is 0 Å². The molecular formula is C18H19N5O. The maximum atomic E-state index is 9.13. The largest absolute Gasteiger partial charge is 0.455 e. The van der Waals surface area contributed by atoms with Crippen molar-refractivity contribution in [3.05, 3.63) is 46.6 Å². The Kier molecular flexibility index (Phi) is 4.50. The molecule has 6 nitrogen and oxygen atoms in total. The van der Waals surface area contributed by atoms with Gasteiger partial charge in [-0.15, -0.1) is 0 Å². The molecule has 0 amide bonds. The Morgan fingerprint density at radius 2 is 2.17 bits per heavy atom. The van der Waals surface area contributed by atoms with Crippen LogP contribution in [0.2, 0.25) is 0 Å². The Morgan fingerprint density at radius 3 is 2.71 bits per heavy atom. The minimum absolute atomic E-state index is 0.367. The number of ether oxygens (including phenoxy) is 1. The Balaban J connectivity index is 2.02. The molecule has 122 valence electrons. The molecule has 0 atom stereocenters. The molecule has 0 saturated carbocycles. The number of hydrogen-bond acceptors (Lipinski definition) is 4. The maximum Gasteiger partial charge on any atom is 0.192 e. The van der Waals surface area contributed by atoms with Gasteiger partial charge in [-0.05, 0) is 31.0 Å². The lowest BCUT2D eigenvalue weighted by molar-refractivity contribution is 0.308. The van der Waals surface area contributed by atoms with Crippen molar-refractivity contribution in [2.24, 2.45) is 0 Å². The van der Waals surface area contributed by atoms with E-state index in [1.165, 1.54) is 0 Å². The van der Waals surface area contributed by atoms with Crippen molar-refractivity contribution in [3.8, 4) is 17.6 Å². The maximum absolute atomic E-state index is 9.13. The van der Waals surface area contributed by atoms with Crippen LogP contribution in [0.1, 0.15) is 36.8 Å². The van der Waals surface area contributed by atoms with E-state index in [-0.39, 0.29) is 0 Å². The van der Waals surface area contributed by atoms with Crippen molar-refractivity contribution in [2.45, 2.75) is 32.7 Å². The SMILES string of the molecule is [C-]#[N+]c1cc(C#N)cc(Oc2c(CC)nn(C3CNC3)c2CC)c1. The lowest BCUT2D eigenvalue weighted by Gasteiger charge is -2.28. The number of rotatable bonds is 5. The highest BCUT2D eigenvalue weighted by Gasteiger charge is 2.26. The van der Waals surface area contributed by atoms with E-state index in [1.54, 1.807) is 18.2 Å². The molecule has 1 saturated heterocycles. The van der Waals surface area contributed by atoms with Gasteiger partial charge in [0.25, 0.3) is 0 Å². The van der Waals surface area contributed by atoms with Gasteiger partial charge in [0.05, 0.1) is 24.4 Å². The van der Waals surface area contributed by atoms with Crippen LogP contribution in [0.3, 0.4) is 0 Å². The van der Waals surface area contributed by atoms with Gasteiger partial charge in [-0.2, -0.15) is 10.4 Å². The molecule has 1 fully saturated rings. The molecule has 0 aliphatic carbocycles. The van der Waals surface area contributed by atoms with Crippen molar-refractivity contribution in [3.63, 3.8) is 0 Å². The highest BCUT2D eigenvalue weighted by atomic mass is 16.5. The third-order valence-corrected chi connectivity index (χ3v) is 4.17. The van der Waals surface area contributed by atoms with Gasteiger partial charge in [0, 0.05) is 18.7 Å². The molecule has 1 aliphatic rings. The first-order chi connectivity index (χ1) is 11.7. The quantitative estimate of drug-likeness (QED) is 0.857. The second-order valence-corrected chi connectivity index (χ2v) is 5.73. The monoisotopic (exact) mass is 321 g/mol. The molecule has 1 N–H and O–H groups in total. The summed E-state index contributed by atoms with van der Waals surface area (Å²) in [6, 6.07) is 7.33. The van der Waals surface area contributed by atoms with Gasteiger partial charge < -0.3 is 10.1 Å². The summed E-state index contributed by atoms with van der Waals surface area (Å²) in [5.41, 5.74) is 2.79. The van der Waals surface area contributed by atoms with Gasteiger partial charge in [0.2, 0.25) is 0 Å². The van der Waals surface area contributed by atoms with E-state index in [4.69, 9.17) is 21.7 Å². The summed E-state index contributed by atoms with van der Waals surface area (Å²) in [6.07, 6.45) is 1.58. The summed E-state index contributed by atoms with van der Waals surface area (Å²) in [6.45, 7) is 13.2. The fraction of sp³-hybridized carbons (Fsp3) is 0.389. The molecule has 0 spiro atoms. The predicted molar refractivity (Wildman–Crippen MR) is 90.4 cm³/mol. The Morgan fingerprint density at radius 1 is 1.38 bits per heavy atom. The first kappa shape index (κ1) is 16.0. The molecule has 6 heteroatoms. The Labute approximate surface area is 141 Å². The molecule has 24 heavy (non-hydrogen) atoms. The van der Waals surface area contributed by atoms with Crippen molar-refractivity contribution >= 4 is 5.69 Å². The molecule has 2 aromatic rings. The highest BCUT2D eigenvalue weighted by molar-refractivity contribution is 5.56. The zero-order valence-corrected chi connectivity index (χ0v) is 13.8. The van der Waals surface area contributed by atoms with E-state index < -0.39 is 0 Å². The van der Waals surface area contributed by atoms with E-state index >= 15 is 0 Å². The van der Waals surface area contributed by atoms with Crippen LogP contribution in [0.4, 0.5) is 5.69 Å². The standard InChI is InChI=1S/C18H19N5O/c1-4-16-18(17(5-2)23(22-16)14-10-21-11-14)24-15-7-12(9-19)6-13(8-15)20-3/h6-8,14,21H,4-5,10-11H2,1-2H3. The molecule has 0 bridgehead atoms. The average Bonchev–Trinajstić information content (AvgIpc) is 2.89. The van der Waals surface area contributed by atoms with Crippen LogP contribution in [0.25, 0.3) is 4.85 Å². The topological polar surface area (TPSA) is 67.2 Å². The third-order valence-electron chi connectivity index (χ3n) is 4.17. The smallest absolute Gasteiger partial charge is 0.192 e. The number of nitrogens with one attached hydrogen (secondary N) is 1. The van der Waals surface area contributed by atoms with Crippen molar-refractivity contribution in [2.75, 3.05) is 13.1 Å². The van der Waals surface area contributed by atoms with E-state index in [0.29, 0.717) is 23.0 Å². The van der Waals surface area contributed by atoms with Crippen LogP contribution in [0.5, 0.6) is 11.5 Å². The van der Waals surface area contributed by atoms with E-state index in [9.17, 15) is 0 Å². The number of nitrogens with zero attached hydrogens (tertiary/aromatic N) is 4. The average molecular weight is 321 g/mol. The van der Waals surface area contributed by atoms with Crippen LogP contribution in [0, 0.1) is 17.9 Å². The lowest BCUT2D eigenvalue weighted by atomic mass is 10.1. The minimum Gasteiger partial charge on any atom is -0.455 e. The van der Waals surface area contributed by atoms with E-state index in [1.807, 2.05) is 6.92 Å². The zero-order chi connectivity index (χ0) is 17.1. The molecule has 0 unspecified atom stereocenters. The second kappa shape index (κ2) is 6.74. The molecule has 0 radical (unpaired) electrons. The minimum atomic E-state index is 0.367. The number of aryl methyl sites for hydroxylation is 1. The summed E-state index contributed by atoms with van der Waals surface area (Å²) >= 11 is 0. The molecular weight excluding hydrogens is 302 g/mol. The summed E-state index contributed by atoms with van der Waals surface area (Å²) in [5, 5.41) is 17.1. The zero-order valence-electron chi connectivity index (χ0n) is 13.8. The van der Waals surface area contributed by atoms with Crippen molar-refractivity contribution in [1.82, 2.24) is 15.1 Å². The van der Waals surface area contributed by atoms with E-state index in [2.05, 4.69) is 27.8 Å². The van der Waals surface area contributed by atoms with Gasteiger partial charge in [-0.25, -0.2) is 4.85 Å². The Bertz CT molecular complexity index is 804. The van der Waals surface area contributed by atoms with Crippen LogP contribution in [0.15, 0.2) is 18.2 Å². The first-order valence-corrected chi connectivity index (χ1v) is 8.11. The number of nitriles is 1. The van der Waals surface area contributed by atoms with Gasteiger partial charge in [0.1, 0.15) is 11.4 Å². The number of aromatic nitrogens is 2. The normalized spacial score (nSPS) is 13.8. The van der Waals surface area contributed by atoms with Crippen molar-refractivity contribution < 1.29 is 4.74 Å². The lowest BCUT2D eigenvalue weighted by Crippen LogP contribution is -2.44. The molecule has 1 aromatic heterocycles. The highest BCUT2D eigenvalue weighted by Crippen LogP contribution is 2.34. The van der Waals surface area contributed by atoms with E-state index in [0.717, 1.165) is 43.1 Å². The number of benzene rings is 1. The van der Waals surface area contributed by atoms with Crippen LogP contribution in [-0.2, 0) is 12.8 Å². The summed E-state index contributed by atoms with van der Waals surface area (Å²) in [4.78, 5) is 3.41. The van der Waals surface area contributed by atoms with Gasteiger partial charge in [-0.1, -0.05) is 13.8 Å². The molecule has 3 rings (SSSR count). The predicted octanol–water partition coefficient (Wildman–Crippen LogP) is 3.37. The first-order valence-electron chi connectivity index (χ1n) is 8.11. The fourth-order valence-electron chi connectivity index (χ4n) is 2.82. The third kappa shape index (κ3) is 2.84. The van der Waals surface area contributed by atoms with Crippen LogP contribution >= 0.6 is 0 Å². The van der Waals surface area contributed by atoms with Crippen molar-refractivity contribution in [1.29, 1.82) is 5.26 Å². The molecule has 1 aromatic carbocycles. The molecule has 2 heterocycles.